The first-order valence-corrected chi connectivity index (χ1v) is 13.2. The molecule has 0 bridgehead atoms. The highest BCUT2D eigenvalue weighted by Crippen LogP contribution is 2.27. The van der Waals surface area contributed by atoms with Gasteiger partial charge in [0.1, 0.15) is 11.6 Å². The topological polar surface area (TPSA) is 108 Å². The predicted octanol–water partition coefficient (Wildman–Crippen LogP) is 5.97. The summed E-state index contributed by atoms with van der Waals surface area (Å²) in [6, 6.07) is 17.5. The Morgan fingerprint density at radius 1 is 0.973 bits per heavy atom. The lowest BCUT2D eigenvalue weighted by atomic mass is 10.1. The molecule has 0 amide bonds. The first kappa shape index (κ1) is 28.1. The molecule has 8 heteroatoms. The van der Waals surface area contributed by atoms with Crippen LogP contribution in [0.4, 0.5) is 11.6 Å². The number of pyridine rings is 2. The zero-order valence-electron chi connectivity index (χ0n) is 21.7. The van der Waals surface area contributed by atoms with E-state index >= 15 is 0 Å². The number of ketones is 1. The van der Waals surface area contributed by atoms with Gasteiger partial charge in [0.2, 0.25) is 0 Å². The molecule has 3 heterocycles. The van der Waals surface area contributed by atoms with E-state index in [-0.39, 0.29) is 5.78 Å². The number of hydrogen-bond acceptors (Lipinski definition) is 8. The maximum Gasteiger partial charge on any atom is 0.159 e. The largest absolute Gasteiger partial charge is 0.390 e. The summed E-state index contributed by atoms with van der Waals surface area (Å²) in [4.78, 5) is 26.0. The number of rotatable bonds is 9. The van der Waals surface area contributed by atoms with Gasteiger partial charge in [0.25, 0.3) is 0 Å². The monoisotopic (exact) mass is 518 g/mol. The van der Waals surface area contributed by atoms with Crippen LogP contribution in [0.15, 0.2) is 67.0 Å². The minimum atomic E-state index is -0.528. The standard InChI is InChI=1S/C23H20N4OS.C6H14O2/c1-15-10-11-24-22(12-15)27-21-5-3-4-19(26-21)20-14-25-23(29-20)13-17-6-8-18(9-7-17)16(2)28;1-3-5(7)6(8)4-2/h3-12,14H,13H2,1-2H3,(H,24,26,27);5-8H,3-4H2,1-2H3. The van der Waals surface area contributed by atoms with Gasteiger partial charge in [-0.25, -0.2) is 15.0 Å². The van der Waals surface area contributed by atoms with Gasteiger partial charge in [-0.3, -0.25) is 4.79 Å². The Balaban J connectivity index is 0.000000414. The van der Waals surface area contributed by atoms with E-state index in [1.165, 1.54) is 0 Å². The van der Waals surface area contributed by atoms with Crippen LogP contribution in [0.5, 0.6) is 0 Å². The van der Waals surface area contributed by atoms with Gasteiger partial charge in [0.05, 0.1) is 27.8 Å². The van der Waals surface area contributed by atoms with Crippen molar-refractivity contribution in [3.8, 4) is 10.6 Å². The highest BCUT2D eigenvalue weighted by Gasteiger charge is 2.10. The minimum absolute atomic E-state index is 0.0773. The number of nitrogens with one attached hydrogen (secondary N) is 1. The van der Waals surface area contributed by atoms with E-state index in [0.29, 0.717) is 12.8 Å². The Morgan fingerprint density at radius 3 is 2.30 bits per heavy atom. The Hall–Kier alpha value is -3.46. The fraction of sp³-hybridized carbons (Fsp3) is 0.310. The lowest BCUT2D eigenvalue weighted by molar-refractivity contribution is 0.0157. The Bertz CT molecular complexity index is 1280. The average Bonchev–Trinajstić information content (AvgIpc) is 3.37. The number of aliphatic hydroxyl groups excluding tert-OH is 2. The molecule has 7 nitrogen and oxygen atoms in total. The van der Waals surface area contributed by atoms with E-state index in [2.05, 4.69) is 15.3 Å². The molecule has 2 unspecified atom stereocenters. The van der Waals surface area contributed by atoms with Crippen molar-refractivity contribution < 1.29 is 15.0 Å². The molecule has 0 aliphatic rings. The quantitative estimate of drug-likeness (QED) is 0.234. The van der Waals surface area contributed by atoms with E-state index in [0.717, 1.165) is 50.3 Å². The van der Waals surface area contributed by atoms with Crippen LogP contribution in [0.2, 0.25) is 0 Å². The summed E-state index contributed by atoms with van der Waals surface area (Å²) in [5.74, 6) is 1.59. The Labute approximate surface area is 222 Å². The van der Waals surface area contributed by atoms with E-state index in [9.17, 15) is 4.79 Å². The number of carbonyl (C=O) groups is 1. The van der Waals surface area contributed by atoms with Crippen LogP contribution in [0.3, 0.4) is 0 Å². The maximum atomic E-state index is 11.4. The number of carbonyl (C=O) groups excluding carboxylic acids is 1. The molecule has 3 N–H and O–H groups in total. The number of aromatic nitrogens is 3. The highest BCUT2D eigenvalue weighted by molar-refractivity contribution is 7.15. The summed E-state index contributed by atoms with van der Waals surface area (Å²) in [7, 11) is 0. The molecule has 0 saturated carbocycles. The van der Waals surface area contributed by atoms with Gasteiger partial charge in [0.15, 0.2) is 5.78 Å². The predicted molar refractivity (Wildman–Crippen MR) is 149 cm³/mol. The van der Waals surface area contributed by atoms with Gasteiger partial charge < -0.3 is 15.5 Å². The molecule has 2 atom stereocenters. The summed E-state index contributed by atoms with van der Waals surface area (Å²) >= 11 is 1.62. The zero-order valence-corrected chi connectivity index (χ0v) is 22.5. The molecule has 0 fully saturated rings. The first-order valence-electron chi connectivity index (χ1n) is 12.4. The Kier molecular flexibility index (Phi) is 10.4. The molecule has 0 saturated heterocycles. The maximum absolute atomic E-state index is 11.4. The lowest BCUT2D eigenvalue weighted by Gasteiger charge is -2.12. The van der Waals surface area contributed by atoms with E-state index in [1.54, 1.807) is 24.5 Å². The van der Waals surface area contributed by atoms with Gasteiger partial charge >= 0.3 is 0 Å². The number of aliphatic hydroxyl groups is 2. The first-order chi connectivity index (χ1) is 17.8. The fourth-order valence-corrected chi connectivity index (χ4v) is 4.39. The van der Waals surface area contributed by atoms with Crippen molar-refractivity contribution >= 4 is 28.8 Å². The number of Topliss-reactive ketones (excluding diaryl/α,β-unsaturated/α-hetero) is 1. The van der Waals surface area contributed by atoms with E-state index in [1.807, 2.05) is 81.6 Å². The molecular weight excluding hydrogens is 484 g/mol. The van der Waals surface area contributed by atoms with Crippen LogP contribution in [0, 0.1) is 6.92 Å². The van der Waals surface area contributed by atoms with Crippen LogP contribution in [-0.4, -0.2) is 43.2 Å². The SMILES string of the molecule is CC(=O)c1ccc(Cc2ncc(-c3cccc(Nc4cc(C)ccn4)n3)s2)cc1.CCC(O)C(O)CC. The van der Waals surface area contributed by atoms with Gasteiger partial charge in [-0.1, -0.05) is 44.2 Å². The van der Waals surface area contributed by atoms with Crippen molar-refractivity contribution in [3.05, 3.63) is 88.7 Å². The fourth-order valence-electron chi connectivity index (χ4n) is 3.46. The van der Waals surface area contributed by atoms with Crippen molar-refractivity contribution in [2.24, 2.45) is 0 Å². The molecule has 0 aliphatic carbocycles. The Morgan fingerprint density at radius 2 is 1.68 bits per heavy atom. The molecule has 0 radical (unpaired) electrons. The second-order valence-corrected chi connectivity index (χ2v) is 9.87. The normalized spacial score (nSPS) is 12.3. The molecular formula is C29H34N4O3S. The summed E-state index contributed by atoms with van der Waals surface area (Å²) in [5, 5.41) is 22.0. The second-order valence-electron chi connectivity index (χ2n) is 8.75. The highest BCUT2D eigenvalue weighted by atomic mass is 32.1. The summed E-state index contributed by atoms with van der Waals surface area (Å²) in [6.07, 6.45) is 4.58. The van der Waals surface area contributed by atoms with Crippen molar-refractivity contribution in [2.45, 2.75) is 59.2 Å². The van der Waals surface area contributed by atoms with Crippen LogP contribution in [0.25, 0.3) is 10.6 Å². The third-order valence-corrected chi connectivity index (χ3v) is 6.74. The van der Waals surface area contributed by atoms with E-state index in [4.69, 9.17) is 15.2 Å². The minimum Gasteiger partial charge on any atom is -0.390 e. The summed E-state index contributed by atoms with van der Waals surface area (Å²) in [6.45, 7) is 7.31. The number of benzene rings is 1. The number of aryl methyl sites for hydroxylation is 1. The molecule has 4 rings (SSSR count). The summed E-state index contributed by atoms with van der Waals surface area (Å²) in [5.41, 5.74) is 3.87. The van der Waals surface area contributed by atoms with Gasteiger partial charge in [-0.15, -0.1) is 11.3 Å². The van der Waals surface area contributed by atoms with Gasteiger partial charge in [-0.05, 0) is 62.1 Å². The smallest absolute Gasteiger partial charge is 0.159 e. The second kappa shape index (κ2) is 13.7. The van der Waals surface area contributed by atoms with Crippen molar-refractivity contribution in [2.75, 3.05) is 5.32 Å². The van der Waals surface area contributed by atoms with Crippen molar-refractivity contribution in [3.63, 3.8) is 0 Å². The number of thiazole rings is 1. The molecule has 4 aromatic rings. The van der Waals surface area contributed by atoms with Crippen LogP contribution in [0.1, 0.15) is 60.1 Å². The molecule has 0 spiro atoms. The summed E-state index contributed by atoms with van der Waals surface area (Å²) < 4.78 is 0. The van der Waals surface area contributed by atoms with Gasteiger partial charge in [-0.2, -0.15) is 0 Å². The zero-order chi connectivity index (χ0) is 26.8. The van der Waals surface area contributed by atoms with Crippen molar-refractivity contribution in [1.82, 2.24) is 15.0 Å². The van der Waals surface area contributed by atoms with Crippen LogP contribution in [-0.2, 0) is 6.42 Å². The molecule has 194 valence electrons. The van der Waals surface area contributed by atoms with Crippen LogP contribution >= 0.6 is 11.3 Å². The molecule has 1 aromatic carbocycles. The number of nitrogens with zero attached hydrogens (tertiary/aromatic N) is 3. The number of anilines is 2. The molecule has 3 aromatic heterocycles. The average molecular weight is 519 g/mol. The van der Waals surface area contributed by atoms with Gasteiger partial charge in [0, 0.05) is 24.4 Å². The lowest BCUT2D eigenvalue weighted by Crippen LogP contribution is -2.23. The third kappa shape index (κ3) is 8.56. The number of hydrogen-bond donors (Lipinski definition) is 3. The van der Waals surface area contributed by atoms with Crippen molar-refractivity contribution in [1.29, 1.82) is 0 Å². The van der Waals surface area contributed by atoms with Crippen LogP contribution < -0.4 is 5.32 Å². The molecule has 37 heavy (non-hydrogen) atoms. The molecule has 0 aliphatic heterocycles. The third-order valence-electron chi connectivity index (χ3n) is 5.72. The van der Waals surface area contributed by atoms with E-state index < -0.39 is 12.2 Å².